The van der Waals surface area contributed by atoms with E-state index in [1.807, 2.05) is 0 Å². The zero-order valence-corrected chi connectivity index (χ0v) is 13.0. The van der Waals surface area contributed by atoms with Gasteiger partial charge in [-0.2, -0.15) is 0 Å². The van der Waals surface area contributed by atoms with Crippen molar-refractivity contribution < 1.29 is 13.3 Å². The normalized spacial score (nSPS) is 12.1. The van der Waals surface area contributed by atoms with Gasteiger partial charge in [0.2, 0.25) is 0 Å². The van der Waals surface area contributed by atoms with E-state index in [-0.39, 0.29) is 0 Å². The standard InChI is InChI=1S/C6H15O3SSi.K/c1-7-11(8-2)9-5-3-4-6-10;/h10H,3-6H2,1-2H3;. The Bertz CT molecular complexity index is 113. The minimum atomic E-state index is -2.08. The Morgan fingerprint density at radius 3 is 2.25 bits per heavy atom. The van der Waals surface area contributed by atoms with Crippen LogP contribution in [0, 0.1) is 0 Å². The fourth-order valence-corrected chi connectivity index (χ4v) is 2.77. The summed E-state index contributed by atoms with van der Waals surface area (Å²) in [5.74, 6) is 0.920. The summed E-state index contributed by atoms with van der Waals surface area (Å²) in [6, 6.07) is 0. The number of hydrogen-bond donors (Lipinski definition) is 1. The van der Waals surface area contributed by atoms with Crippen LogP contribution in [0.2, 0.25) is 0 Å². The molecule has 6 heteroatoms. The van der Waals surface area contributed by atoms with Crippen molar-refractivity contribution in [1.82, 2.24) is 0 Å². The van der Waals surface area contributed by atoms with E-state index in [1.54, 1.807) is 14.2 Å². The maximum absolute atomic E-state index is 5.57. The molecule has 0 aromatic rings. The third-order valence-corrected chi connectivity index (χ3v) is 9.36. The average Bonchev–Trinajstić information content (AvgIpc) is 2.12. The Kier molecular flexibility index (Phi) is 9.85. The van der Waals surface area contributed by atoms with Gasteiger partial charge in [0.15, 0.2) is 0 Å². The molecular weight excluding hydrogens is 219 g/mol. The molecule has 0 heterocycles. The summed E-state index contributed by atoms with van der Waals surface area (Å²) in [7, 11) is 3.33. The summed E-state index contributed by atoms with van der Waals surface area (Å²) in [5, 5.41) is 0. The summed E-state index contributed by atoms with van der Waals surface area (Å²) in [5.41, 5.74) is 0. The van der Waals surface area contributed by atoms with Gasteiger partial charge in [0, 0.05) is 0 Å². The third-order valence-electron chi connectivity index (χ3n) is 1.66. The molecule has 0 unspecified atom stereocenters. The molecule has 0 aliphatic heterocycles. The van der Waals surface area contributed by atoms with E-state index in [9.17, 15) is 0 Å². The van der Waals surface area contributed by atoms with E-state index < -0.39 is 1.49 Å². The number of thiol groups is 1. The predicted molar refractivity (Wildman–Crippen MR) is 54.6 cm³/mol. The number of rotatable bonds is 7. The Labute approximate surface area is 113 Å². The summed E-state index contributed by atoms with van der Waals surface area (Å²) < 4.78 is 13.9. The first-order chi connectivity index (χ1) is 5.68. The first-order valence-corrected chi connectivity index (χ1v) is 11.6. The molecule has 0 aromatic carbocycles. The van der Waals surface area contributed by atoms with Crippen LogP contribution in [0.25, 0.3) is 0 Å². The molecule has 0 atom stereocenters. The van der Waals surface area contributed by atoms with Gasteiger partial charge in [-0.1, -0.05) is 0 Å². The van der Waals surface area contributed by atoms with Gasteiger partial charge < -0.3 is 0 Å². The number of unbranched alkanes of at least 4 members (excludes halogenated alkanes) is 1. The van der Waals surface area contributed by atoms with Crippen LogP contribution in [0.4, 0.5) is 0 Å². The van der Waals surface area contributed by atoms with Gasteiger partial charge in [0.1, 0.15) is 0 Å². The van der Waals surface area contributed by atoms with Crippen LogP contribution >= 0.6 is 12.6 Å². The molecule has 0 saturated heterocycles. The van der Waals surface area contributed by atoms with Crippen molar-refractivity contribution in [1.29, 1.82) is 0 Å². The molecule has 68 valence electrons. The average molecular weight is 234 g/mol. The molecule has 0 spiro atoms. The number of hydrogen-bond acceptors (Lipinski definition) is 4. The van der Waals surface area contributed by atoms with Crippen LogP contribution in [-0.4, -0.2) is 75.7 Å². The van der Waals surface area contributed by atoms with Gasteiger partial charge in [-0.25, -0.2) is 0 Å². The second-order valence-electron chi connectivity index (χ2n) is 2.55. The zero-order valence-electron chi connectivity index (χ0n) is 8.00. The van der Waals surface area contributed by atoms with E-state index in [1.165, 1.54) is 0 Å². The Morgan fingerprint density at radius 1 is 1.25 bits per heavy atom. The molecule has 3 nitrogen and oxygen atoms in total. The van der Waals surface area contributed by atoms with Gasteiger partial charge in [-0.05, 0) is 0 Å². The van der Waals surface area contributed by atoms with Crippen molar-refractivity contribution in [2.24, 2.45) is 0 Å². The van der Waals surface area contributed by atoms with Gasteiger partial charge in [0.25, 0.3) is 0 Å². The quantitative estimate of drug-likeness (QED) is 0.397. The van der Waals surface area contributed by atoms with Crippen LogP contribution in [-0.2, 0) is 13.3 Å². The van der Waals surface area contributed by atoms with Gasteiger partial charge in [-0.15, -0.1) is 0 Å². The molecule has 0 N–H and O–H groups in total. The summed E-state index contributed by atoms with van der Waals surface area (Å²) in [6.07, 6.45) is 2.13. The molecule has 0 saturated carbocycles. The molecule has 0 fully saturated rings. The van der Waals surface area contributed by atoms with Gasteiger partial charge in [0.05, 0.1) is 0 Å². The molecule has 0 amide bonds. The van der Waals surface area contributed by atoms with E-state index in [2.05, 4.69) is 12.6 Å². The first kappa shape index (κ1) is 14.1. The Balaban J connectivity index is 3.45. The fourth-order valence-electron chi connectivity index (χ4n) is 0.673. The van der Waals surface area contributed by atoms with Crippen LogP contribution in [0.5, 0.6) is 0 Å². The van der Waals surface area contributed by atoms with Crippen LogP contribution in [0.15, 0.2) is 0 Å². The van der Waals surface area contributed by atoms with Crippen molar-refractivity contribution in [2.75, 3.05) is 26.6 Å². The SMILES string of the molecule is CO[Si]([K])(OC)OCCCCS. The molecule has 0 aromatic heterocycles. The second kappa shape index (κ2) is 8.40. The van der Waals surface area contributed by atoms with E-state index in [0.717, 1.165) is 25.2 Å². The summed E-state index contributed by atoms with van der Waals surface area (Å²) in [4.78, 5) is 0. The summed E-state index contributed by atoms with van der Waals surface area (Å²) in [6.45, 7) is 0.746. The van der Waals surface area contributed by atoms with Crippen LogP contribution < -0.4 is 0 Å². The van der Waals surface area contributed by atoms with Crippen molar-refractivity contribution in [3.05, 3.63) is 0 Å². The third kappa shape index (κ3) is 6.52. The first-order valence-electron chi connectivity index (χ1n) is 4.03. The van der Waals surface area contributed by atoms with Crippen LogP contribution in [0.3, 0.4) is 0 Å². The van der Waals surface area contributed by atoms with E-state index in [4.69, 9.17) is 13.3 Å². The minimum absolute atomic E-state index is 0.477. The maximum atomic E-state index is 5.57. The topological polar surface area (TPSA) is 27.7 Å². The van der Waals surface area contributed by atoms with Crippen molar-refractivity contribution >= 4 is 61.8 Å². The zero-order chi connectivity index (χ0) is 9.45. The molecule has 0 rings (SSSR count). The summed E-state index contributed by atoms with van der Waals surface area (Å²) >= 11 is 4.59. The molecular formula is C6H15KO3SSi. The van der Waals surface area contributed by atoms with Crippen molar-refractivity contribution in [2.45, 2.75) is 12.8 Å². The Hall–Kier alpha value is 2.08. The van der Waals surface area contributed by atoms with E-state index in [0.29, 0.717) is 47.7 Å². The van der Waals surface area contributed by atoms with Gasteiger partial charge >= 0.3 is 114 Å². The monoisotopic (exact) mass is 234 g/mol. The fraction of sp³-hybridized carbons (Fsp3) is 1.00. The molecule has 0 aliphatic carbocycles. The molecule has 12 heavy (non-hydrogen) atoms. The van der Waals surface area contributed by atoms with Gasteiger partial charge in [-0.3, -0.25) is 0 Å². The van der Waals surface area contributed by atoms with Crippen molar-refractivity contribution in [3.63, 3.8) is 0 Å². The second-order valence-corrected chi connectivity index (χ2v) is 11.6. The Morgan fingerprint density at radius 2 is 1.83 bits per heavy atom. The molecule has 0 bridgehead atoms. The molecule has 0 radical (unpaired) electrons. The van der Waals surface area contributed by atoms with Crippen LogP contribution in [0.1, 0.15) is 12.8 Å². The molecule has 0 aliphatic rings. The van der Waals surface area contributed by atoms with Crippen molar-refractivity contribution in [3.8, 4) is 0 Å². The predicted octanol–water partition coefficient (Wildman–Crippen LogP) is 0.610. The van der Waals surface area contributed by atoms with E-state index >= 15 is 0 Å².